The molecule has 1 aromatic rings. The Morgan fingerprint density at radius 3 is 2.72 bits per heavy atom. The van der Waals surface area contributed by atoms with Crippen molar-refractivity contribution in [2.75, 3.05) is 18.4 Å². The molecular weight excluding hydrogens is 238 g/mol. The number of benzene rings is 1. The van der Waals surface area contributed by atoms with Crippen LogP contribution < -0.4 is 10.6 Å². The second kappa shape index (κ2) is 7.76. The summed E-state index contributed by atoms with van der Waals surface area (Å²) in [5.41, 5.74) is 0.00922. The number of anilines is 1. The minimum Gasteiger partial charge on any atom is -0.324 e. The van der Waals surface area contributed by atoms with E-state index in [1.807, 2.05) is 0 Å². The zero-order valence-electron chi connectivity index (χ0n) is 10.4. The van der Waals surface area contributed by atoms with Gasteiger partial charge in [0.25, 0.3) is 0 Å². The van der Waals surface area contributed by atoms with Gasteiger partial charge in [-0.25, -0.2) is 8.78 Å². The molecule has 0 aromatic heterocycles. The Morgan fingerprint density at radius 2 is 2.06 bits per heavy atom. The van der Waals surface area contributed by atoms with Gasteiger partial charge in [-0.3, -0.25) is 4.79 Å². The number of hydrogen-bond acceptors (Lipinski definition) is 2. The van der Waals surface area contributed by atoms with Gasteiger partial charge < -0.3 is 10.6 Å². The SMILES string of the molecule is CCCCNCCC(=O)Nc1ccc(F)cc1F. The largest absolute Gasteiger partial charge is 0.324 e. The van der Waals surface area contributed by atoms with E-state index < -0.39 is 11.6 Å². The molecule has 1 rings (SSSR count). The van der Waals surface area contributed by atoms with Gasteiger partial charge in [0, 0.05) is 19.0 Å². The van der Waals surface area contributed by atoms with Crippen LogP contribution in [0.15, 0.2) is 18.2 Å². The van der Waals surface area contributed by atoms with Crippen LogP contribution in [0.2, 0.25) is 0 Å². The molecule has 0 spiro atoms. The van der Waals surface area contributed by atoms with E-state index in [2.05, 4.69) is 17.6 Å². The summed E-state index contributed by atoms with van der Waals surface area (Å²) >= 11 is 0. The van der Waals surface area contributed by atoms with E-state index in [9.17, 15) is 13.6 Å². The first-order valence-electron chi connectivity index (χ1n) is 6.09. The third-order valence-electron chi connectivity index (χ3n) is 2.44. The first-order valence-corrected chi connectivity index (χ1v) is 6.09. The Hall–Kier alpha value is -1.49. The van der Waals surface area contributed by atoms with Crippen molar-refractivity contribution in [3.63, 3.8) is 0 Å². The number of carbonyl (C=O) groups excluding carboxylic acids is 1. The lowest BCUT2D eigenvalue weighted by Crippen LogP contribution is -2.22. The van der Waals surface area contributed by atoms with Crippen molar-refractivity contribution in [3.05, 3.63) is 29.8 Å². The number of carbonyl (C=O) groups is 1. The van der Waals surface area contributed by atoms with E-state index in [-0.39, 0.29) is 18.0 Å². The second-order valence-electron chi connectivity index (χ2n) is 4.03. The van der Waals surface area contributed by atoms with Crippen LogP contribution in [0, 0.1) is 11.6 Å². The van der Waals surface area contributed by atoms with E-state index in [1.165, 1.54) is 6.07 Å². The molecule has 0 aliphatic rings. The summed E-state index contributed by atoms with van der Waals surface area (Å²) in [7, 11) is 0. The van der Waals surface area contributed by atoms with Crippen LogP contribution in [0.5, 0.6) is 0 Å². The molecule has 0 aliphatic carbocycles. The first kappa shape index (κ1) is 14.6. The average Bonchev–Trinajstić information content (AvgIpc) is 2.32. The molecule has 0 atom stereocenters. The quantitative estimate of drug-likeness (QED) is 0.736. The monoisotopic (exact) mass is 256 g/mol. The van der Waals surface area contributed by atoms with Crippen LogP contribution in [0.1, 0.15) is 26.2 Å². The van der Waals surface area contributed by atoms with Gasteiger partial charge in [0.05, 0.1) is 5.69 Å². The smallest absolute Gasteiger partial charge is 0.225 e. The van der Waals surface area contributed by atoms with E-state index in [0.717, 1.165) is 31.5 Å². The Bertz CT molecular complexity index is 397. The molecular formula is C13H18F2N2O. The molecule has 0 unspecified atom stereocenters. The van der Waals surface area contributed by atoms with Gasteiger partial charge in [-0.05, 0) is 25.1 Å². The van der Waals surface area contributed by atoms with Crippen molar-refractivity contribution in [2.24, 2.45) is 0 Å². The zero-order valence-corrected chi connectivity index (χ0v) is 10.4. The van der Waals surface area contributed by atoms with Crippen molar-refractivity contribution < 1.29 is 13.6 Å². The number of rotatable bonds is 7. The van der Waals surface area contributed by atoms with Crippen molar-refractivity contribution >= 4 is 11.6 Å². The molecule has 100 valence electrons. The van der Waals surface area contributed by atoms with Gasteiger partial charge in [-0.1, -0.05) is 13.3 Å². The Morgan fingerprint density at radius 1 is 1.28 bits per heavy atom. The molecule has 3 nitrogen and oxygen atoms in total. The maximum Gasteiger partial charge on any atom is 0.225 e. The number of nitrogens with one attached hydrogen (secondary N) is 2. The normalized spacial score (nSPS) is 10.4. The van der Waals surface area contributed by atoms with Gasteiger partial charge in [-0.2, -0.15) is 0 Å². The molecule has 18 heavy (non-hydrogen) atoms. The van der Waals surface area contributed by atoms with Crippen LogP contribution in [0.3, 0.4) is 0 Å². The lowest BCUT2D eigenvalue weighted by Gasteiger charge is -2.07. The fourth-order valence-electron chi connectivity index (χ4n) is 1.43. The fourth-order valence-corrected chi connectivity index (χ4v) is 1.43. The lowest BCUT2D eigenvalue weighted by molar-refractivity contribution is -0.116. The van der Waals surface area contributed by atoms with Crippen molar-refractivity contribution in [3.8, 4) is 0 Å². The summed E-state index contributed by atoms with van der Waals surface area (Å²) in [4.78, 5) is 11.5. The minimum atomic E-state index is -0.762. The number of halogens is 2. The molecule has 0 fully saturated rings. The summed E-state index contributed by atoms with van der Waals surface area (Å²) in [5, 5.41) is 5.52. The highest BCUT2D eigenvalue weighted by Crippen LogP contribution is 2.14. The molecule has 0 radical (unpaired) electrons. The Kier molecular flexibility index (Phi) is 6.28. The van der Waals surface area contributed by atoms with Gasteiger partial charge >= 0.3 is 0 Å². The van der Waals surface area contributed by atoms with E-state index in [1.54, 1.807) is 0 Å². The number of hydrogen-bond donors (Lipinski definition) is 2. The summed E-state index contributed by atoms with van der Waals surface area (Å²) in [6, 6.07) is 3.07. The molecule has 5 heteroatoms. The molecule has 2 N–H and O–H groups in total. The first-order chi connectivity index (χ1) is 8.63. The third kappa shape index (κ3) is 5.23. The molecule has 0 bridgehead atoms. The highest BCUT2D eigenvalue weighted by molar-refractivity contribution is 5.90. The van der Waals surface area contributed by atoms with Crippen LogP contribution in [0.4, 0.5) is 14.5 Å². The van der Waals surface area contributed by atoms with Crippen molar-refractivity contribution in [1.29, 1.82) is 0 Å². The van der Waals surface area contributed by atoms with Crippen LogP contribution >= 0.6 is 0 Å². The van der Waals surface area contributed by atoms with Crippen LogP contribution in [-0.4, -0.2) is 19.0 Å². The fraction of sp³-hybridized carbons (Fsp3) is 0.462. The molecule has 0 saturated heterocycles. The van der Waals surface area contributed by atoms with Crippen molar-refractivity contribution in [1.82, 2.24) is 5.32 Å². The highest BCUT2D eigenvalue weighted by atomic mass is 19.1. The van der Waals surface area contributed by atoms with Gasteiger partial charge in [-0.15, -0.1) is 0 Å². The van der Waals surface area contributed by atoms with E-state index in [0.29, 0.717) is 6.54 Å². The minimum absolute atomic E-state index is 0.00922. The predicted octanol–water partition coefficient (Wildman–Crippen LogP) is 2.68. The Labute approximate surface area is 106 Å². The highest BCUT2D eigenvalue weighted by Gasteiger charge is 2.07. The second-order valence-corrected chi connectivity index (χ2v) is 4.03. The molecule has 1 aromatic carbocycles. The molecule has 0 saturated carbocycles. The lowest BCUT2D eigenvalue weighted by atomic mass is 10.2. The maximum absolute atomic E-state index is 13.2. The summed E-state index contributed by atoms with van der Waals surface area (Å²) in [6.07, 6.45) is 2.43. The molecule has 0 aliphatic heterocycles. The van der Waals surface area contributed by atoms with E-state index in [4.69, 9.17) is 0 Å². The van der Waals surface area contributed by atoms with Crippen LogP contribution in [-0.2, 0) is 4.79 Å². The average molecular weight is 256 g/mol. The maximum atomic E-state index is 13.2. The van der Waals surface area contributed by atoms with Gasteiger partial charge in [0.1, 0.15) is 11.6 Å². The third-order valence-corrected chi connectivity index (χ3v) is 2.44. The van der Waals surface area contributed by atoms with E-state index >= 15 is 0 Å². The number of amides is 1. The predicted molar refractivity (Wildman–Crippen MR) is 67.4 cm³/mol. The number of unbranched alkanes of at least 4 members (excludes halogenated alkanes) is 1. The standard InChI is InChI=1S/C13H18F2N2O/c1-2-3-7-16-8-6-13(18)17-12-5-4-10(14)9-11(12)15/h4-5,9,16H,2-3,6-8H2,1H3,(H,17,18). The van der Waals surface area contributed by atoms with Gasteiger partial charge in [0.2, 0.25) is 5.91 Å². The summed E-state index contributed by atoms with van der Waals surface area (Å²) < 4.78 is 25.9. The van der Waals surface area contributed by atoms with Gasteiger partial charge in [0.15, 0.2) is 0 Å². The Balaban J connectivity index is 2.31. The molecule has 1 amide bonds. The van der Waals surface area contributed by atoms with Crippen molar-refractivity contribution in [2.45, 2.75) is 26.2 Å². The molecule has 0 heterocycles. The zero-order chi connectivity index (χ0) is 13.4. The summed E-state index contributed by atoms with van der Waals surface area (Å²) in [6.45, 7) is 3.51. The van der Waals surface area contributed by atoms with Crippen LogP contribution in [0.25, 0.3) is 0 Å². The topological polar surface area (TPSA) is 41.1 Å². The summed E-state index contributed by atoms with van der Waals surface area (Å²) in [5.74, 6) is -1.71.